The Hall–Kier alpha value is -3.70. The lowest BCUT2D eigenvalue weighted by molar-refractivity contribution is -0.148. The van der Waals surface area contributed by atoms with Crippen molar-refractivity contribution in [2.75, 3.05) is 20.7 Å². The number of nitrogens with zero attached hydrogens (tertiary/aromatic N) is 3. The number of halogens is 1. The van der Waals surface area contributed by atoms with Gasteiger partial charge >= 0.3 is 5.97 Å². The zero-order chi connectivity index (χ0) is 22.2. The number of hydrogen-bond acceptors (Lipinski definition) is 5. The largest absolute Gasteiger partial charge is 0.464 e. The molecule has 7 nitrogen and oxygen atoms in total. The monoisotopic (exact) mass is 421 g/mol. The number of ether oxygens (including phenoxy) is 1. The molecule has 1 atom stereocenters. The Morgan fingerprint density at radius 2 is 2.10 bits per heavy atom. The molecule has 1 amide bonds. The molecule has 1 N–H and O–H groups in total. The highest BCUT2D eigenvalue weighted by molar-refractivity contribution is 6.02. The van der Waals surface area contributed by atoms with E-state index < -0.39 is 23.3 Å². The van der Waals surface area contributed by atoms with E-state index in [4.69, 9.17) is 4.74 Å². The van der Waals surface area contributed by atoms with Gasteiger partial charge in [-0.15, -0.1) is 0 Å². The van der Waals surface area contributed by atoms with E-state index in [1.54, 1.807) is 31.3 Å². The minimum Gasteiger partial charge on any atom is -0.464 e. The molecule has 0 spiro atoms. The van der Waals surface area contributed by atoms with Crippen molar-refractivity contribution in [1.82, 2.24) is 14.7 Å². The van der Waals surface area contributed by atoms with E-state index in [0.29, 0.717) is 35.1 Å². The van der Waals surface area contributed by atoms with Crippen molar-refractivity contribution in [1.29, 1.82) is 0 Å². The number of fused-ring (bicyclic) bond motifs is 1. The number of piperidine rings is 1. The Morgan fingerprint density at radius 3 is 2.87 bits per heavy atom. The third kappa shape index (κ3) is 3.76. The fourth-order valence-electron chi connectivity index (χ4n) is 3.64. The summed E-state index contributed by atoms with van der Waals surface area (Å²) >= 11 is 0. The minimum absolute atomic E-state index is 0.0686. The second kappa shape index (κ2) is 7.85. The molecule has 1 fully saturated rings. The lowest BCUT2D eigenvalue weighted by Crippen LogP contribution is -2.51. The van der Waals surface area contributed by atoms with Gasteiger partial charge in [0.1, 0.15) is 5.82 Å². The first-order valence-corrected chi connectivity index (χ1v) is 9.70. The molecule has 1 saturated heterocycles. The fraction of sp³-hybridized carbons (Fsp3) is 0.261. The minimum atomic E-state index is -1.72. The summed E-state index contributed by atoms with van der Waals surface area (Å²) < 4.78 is 20.1. The van der Waals surface area contributed by atoms with E-state index in [2.05, 4.69) is 16.9 Å². The molecule has 3 aromatic rings. The van der Waals surface area contributed by atoms with Crippen LogP contribution in [0.4, 0.5) is 4.39 Å². The Balaban J connectivity index is 1.77. The van der Waals surface area contributed by atoms with E-state index in [1.807, 2.05) is 0 Å². The van der Waals surface area contributed by atoms with Gasteiger partial charge in [-0.05, 0) is 43.2 Å². The lowest BCUT2D eigenvalue weighted by Gasteiger charge is -2.32. The fourth-order valence-corrected chi connectivity index (χ4v) is 3.64. The number of hydrogen-bond donors (Lipinski definition) is 1. The zero-order valence-corrected chi connectivity index (χ0v) is 17.1. The number of likely N-dealkylation sites (N-methyl/N-ethyl adjacent to an activating group) is 1. The maximum Gasteiger partial charge on any atom is 0.359 e. The predicted octanol–water partition coefficient (Wildman–Crippen LogP) is 2.29. The molecule has 1 aliphatic rings. The van der Waals surface area contributed by atoms with Gasteiger partial charge in [0.2, 0.25) is 5.60 Å². The molecule has 8 heteroatoms. The Kier molecular flexibility index (Phi) is 5.21. The summed E-state index contributed by atoms with van der Waals surface area (Å²) in [4.78, 5) is 25.9. The topological polar surface area (TPSA) is 84.7 Å². The van der Waals surface area contributed by atoms with Gasteiger partial charge in [-0.2, -0.15) is 5.10 Å². The summed E-state index contributed by atoms with van der Waals surface area (Å²) in [5.41, 5.74) is -0.182. The molecule has 1 aromatic heterocycles. The average molecular weight is 421 g/mol. The van der Waals surface area contributed by atoms with Crippen LogP contribution in [-0.4, -0.2) is 58.0 Å². The maximum atomic E-state index is 13.9. The SMILES string of the molecule is COC(=O)c1nn(-c2cccc(C#C[C@]3(O)CCCN(C)C3=O)c2)c2cc(F)ccc12. The second-order valence-corrected chi connectivity index (χ2v) is 7.40. The number of methoxy groups -OCH3 is 1. The molecule has 2 heterocycles. The molecule has 0 saturated carbocycles. The molecule has 0 unspecified atom stereocenters. The molecular formula is C23H20FN3O4. The second-order valence-electron chi connectivity index (χ2n) is 7.40. The Bertz CT molecular complexity index is 1260. The Morgan fingerprint density at radius 1 is 1.29 bits per heavy atom. The summed E-state index contributed by atoms with van der Waals surface area (Å²) in [5.74, 6) is 4.05. The van der Waals surface area contributed by atoms with Crippen LogP contribution in [0.3, 0.4) is 0 Å². The van der Waals surface area contributed by atoms with Gasteiger partial charge in [0.25, 0.3) is 5.91 Å². The summed E-state index contributed by atoms with van der Waals surface area (Å²) in [6.07, 6.45) is 0.934. The number of carbonyl (C=O) groups is 2. The normalized spacial score (nSPS) is 18.6. The highest BCUT2D eigenvalue weighted by atomic mass is 19.1. The molecule has 158 valence electrons. The smallest absolute Gasteiger partial charge is 0.359 e. The zero-order valence-electron chi connectivity index (χ0n) is 17.1. The number of rotatable bonds is 2. The summed E-state index contributed by atoms with van der Waals surface area (Å²) in [6.45, 7) is 0.587. The summed E-state index contributed by atoms with van der Waals surface area (Å²) in [7, 11) is 2.89. The van der Waals surface area contributed by atoms with E-state index in [1.165, 1.54) is 34.9 Å². The molecule has 0 aliphatic carbocycles. The number of aromatic nitrogens is 2. The van der Waals surface area contributed by atoms with Gasteiger partial charge in [0.15, 0.2) is 5.69 Å². The van der Waals surface area contributed by atoms with Crippen molar-refractivity contribution >= 4 is 22.8 Å². The van der Waals surface area contributed by atoms with Crippen LogP contribution in [0.1, 0.15) is 28.9 Å². The summed E-state index contributed by atoms with van der Waals surface area (Å²) in [6, 6.07) is 10.9. The Labute approximate surface area is 178 Å². The van der Waals surface area contributed by atoms with Crippen molar-refractivity contribution in [3.8, 4) is 17.5 Å². The van der Waals surface area contributed by atoms with Gasteiger partial charge < -0.3 is 14.7 Å². The average Bonchev–Trinajstić information content (AvgIpc) is 3.14. The molecule has 4 rings (SSSR count). The quantitative estimate of drug-likeness (QED) is 0.507. The number of aliphatic hydroxyl groups is 1. The first kappa shape index (κ1) is 20.6. The molecule has 31 heavy (non-hydrogen) atoms. The number of esters is 1. The predicted molar refractivity (Wildman–Crippen MR) is 111 cm³/mol. The van der Waals surface area contributed by atoms with Gasteiger partial charge in [0.05, 0.1) is 18.3 Å². The molecule has 1 aliphatic heterocycles. The first-order valence-electron chi connectivity index (χ1n) is 9.70. The van der Waals surface area contributed by atoms with Crippen molar-refractivity contribution in [3.63, 3.8) is 0 Å². The van der Waals surface area contributed by atoms with Gasteiger partial charge in [-0.3, -0.25) is 4.79 Å². The molecule has 0 bridgehead atoms. The molecule has 2 aromatic carbocycles. The lowest BCUT2D eigenvalue weighted by atomic mass is 9.92. The van der Waals surface area contributed by atoms with E-state index in [-0.39, 0.29) is 12.1 Å². The molecule has 0 radical (unpaired) electrons. The van der Waals surface area contributed by atoms with Gasteiger partial charge in [0, 0.05) is 30.6 Å². The number of amides is 1. The number of likely N-dealkylation sites (tertiary alicyclic amines) is 1. The van der Waals surface area contributed by atoms with Crippen LogP contribution in [0.5, 0.6) is 0 Å². The number of carbonyl (C=O) groups excluding carboxylic acids is 2. The van der Waals surface area contributed by atoms with E-state index in [9.17, 15) is 19.1 Å². The van der Waals surface area contributed by atoms with Crippen molar-refractivity contribution in [2.45, 2.75) is 18.4 Å². The van der Waals surface area contributed by atoms with Crippen molar-refractivity contribution < 1.29 is 23.8 Å². The van der Waals surface area contributed by atoms with Crippen LogP contribution < -0.4 is 0 Å². The third-order valence-electron chi connectivity index (χ3n) is 5.26. The van der Waals surface area contributed by atoms with Crippen molar-refractivity contribution in [2.24, 2.45) is 0 Å². The van der Waals surface area contributed by atoms with Gasteiger partial charge in [-0.25, -0.2) is 13.9 Å². The van der Waals surface area contributed by atoms with Crippen LogP contribution in [0.25, 0.3) is 16.6 Å². The van der Waals surface area contributed by atoms with Crippen molar-refractivity contribution in [3.05, 3.63) is 59.5 Å². The summed E-state index contributed by atoms with van der Waals surface area (Å²) in [5, 5.41) is 15.4. The van der Waals surface area contributed by atoms with E-state index in [0.717, 1.165) is 0 Å². The highest BCUT2D eigenvalue weighted by Gasteiger charge is 2.39. The highest BCUT2D eigenvalue weighted by Crippen LogP contribution is 2.25. The first-order chi connectivity index (χ1) is 14.8. The van der Waals surface area contributed by atoms with Crippen LogP contribution in [0.15, 0.2) is 42.5 Å². The van der Waals surface area contributed by atoms with Crippen LogP contribution in [0, 0.1) is 17.7 Å². The molecular weight excluding hydrogens is 401 g/mol. The number of benzene rings is 2. The van der Waals surface area contributed by atoms with Crippen LogP contribution in [0.2, 0.25) is 0 Å². The van der Waals surface area contributed by atoms with Crippen LogP contribution in [-0.2, 0) is 9.53 Å². The maximum absolute atomic E-state index is 13.9. The third-order valence-corrected chi connectivity index (χ3v) is 5.26. The standard InChI is InChI=1S/C23H20FN3O4/c1-26-12-4-10-23(30,22(26)29)11-9-15-5-3-6-17(13-15)27-19-14-16(24)7-8-18(19)20(25-27)21(28)31-2/h3,5-8,13-14,30H,4,10,12H2,1-2H3/t23-/m1/s1. The van der Waals surface area contributed by atoms with Gasteiger partial charge in [-0.1, -0.05) is 17.9 Å². The van der Waals surface area contributed by atoms with Crippen LogP contribution >= 0.6 is 0 Å². The van der Waals surface area contributed by atoms with E-state index >= 15 is 0 Å².